The second-order valence-corrected chi connectivity index (χ2v) is 11.0. The number of alkyl halides is 3. The van der Waals surface area contributed by atoms with Crippen LogP contribution in [0.2, 0.25) is 5.02 Å². The van der Waals surface area contributed by atoms with Gasteiger partial charge in [-0.3, -0.25) is 4.79 Å². The van der Waals surface area contributed by atoms with Crippen LogP contribution in [-0.4, -0.2) is 30.8 Å². The molecule has 0 unspecified atom stereocenters. The largest absolute Gasteiger partial charge is 0.466 e. The number of nitrogens with one attached hydrogen (secondary N) is 2. The average Bonchev–Trinajstić information content (AvgIpc) is 3.13. The van der Waals surface area contributed by atoms with Gasteiger partial charge in [0, 0.05) is 15.5 Å². The van der Waals surface area contributed by atoms with E-state index in [1.165, 1.54) is 24.3 Å². The van der Waals surface area contributed by atoms with E-state index in [0.29, 0.717) is 18.4 Å². The number of methoxy groups -OCH3 is 1. The molecule has 3 rings (SSSR count). The molecule has 0 saturated heterocycles. The fourth-order valence-electron chi connectivity index (χ4n) is 4.09. The molecule has 0 radical (unpaired) electrons. The molecule has 188 valence electrons. The van der Waals surface area contributed by atoms with Crippen molar-refractivity contribution in [3.8, 4) is 6.07 Å². The monoisotopic (exact) mass is 527 g/mol. The van der Waals surface area contributed by atoms with E-state index < -0.39 is 23.7 Å². The molecule has 11 heteroatoms. The number of carbonyl (C=O) groups is 2. The molecule has 0 spiro atoms. The Bertz CT molecular complexity index is 1170. The van der Waals surface area contributed by atoms with Crippen molar-refractivity contribution in [3.63, 3.8) is 0 Å². The Labute approximate surface area is 210 Å². The van der Waals surface area contributed by atoms with E-state index in [1.54, 1.807) is 5.32 Å². The third kappa shape index (κ3) is 5.26. The van der Waals surface area contributed by atoms with E-state index in [2.05, 4.69) is 30.8 Å². The molecule has 2 atom stereocenters. The lowest BCUT2D eigenvalue weighted by molar-refractivity contribution is -0.203. The summed E-state index contributed by atoms with van der Waals surface area (Å²) in [5, 5.41) is 13.9. The summed E-state index contributed by atoms with van der Waals surface area (Å²) >= 11 is 6.79. The standard InChI is InChI=1S/C24H25ClF3N3O3S/c1-22(2,3)14-7-10-16-17(12-29)20(35-18(16)11-14)31-23(21(33)34-4,24(26,27)28)30-19(32)13-5-8-15(25)9-6-13/h5-6,8-9,14,31H,7,10-11H2,1-4H3,(H,30,32)/t14-,23+/m1/s1. The van der Waals surface area contributed by atoms with Crippen molar-refractivity contribution in [2.45, 2.75) is 51.9 Å². The van der Waals surface area contributed by atoms with Crippen LogP contribution in [0.3, 0.4) is 0 Å². The number of anilines is 1. The fourth-order valence-corrected chi connectivity index (χ4v) is 5.55. The maximum atomic E-state index is 14.5. The quantitative estimate of drug-likeness (QED) is 0.384. The first-order chi connectivity index (χ1) is 16.2. The van der Waals surface area contributed by atoms with Crippen LogP contribution in [0.5, 0.6) is 0 Å². The Kier molecular flexibility index (Phi) is 7.44. The predicted molar refractivity (Wildman–Crippen MR) is 127 cm³/mol. The van der Waals surface area contributed by atoms with E-state index in [0.717, 1.165) is 29.7 Å². The van der Waals surface area contributed by atoms with Crippen LogP contribution in [0.15, 0.2) is 24.3 Å². The van der Waals surface area contributed by atoms with Crippen molar-refractivity contribution in [1.29, 1.82) is 5.26 Å². The number of halogens is 4. The third-order valence-corrected chi connectivity index (χ3v) is 7.65. The highest BCUT2D eigenvalue weighted by Crippen LogP contribution is 2.45. The Morgan fingerprint density at radius 2 is 1.83 bits per heavy atom. The van der Waals surface area contributed by atoms with Gasteiger partial charge in [0.1, 0.15) is 11.1 Å². The van der Waals surface area contributed by atoms with Crippen LogP contribution in [-0.2, 0) is 22.4 Å². The van der Waals surface area contributed by atoms with Crippen molar-refractivity contribution < 1.29 is 27.5 Å². The van der Waals surface area contributed by atoms with Crippen LogP contribution in [0.25, 0.3) is 0 Å². The van der Waals surface area contributed by atoms with Gasteiger partial charge in [0.2, 0.25) is 0 Å². The number of carbonyl (C=O) groups excluding carboxylic acids is 2. The van der Waals surface area contributed by atoms with Gasteiger partial charge >= 0.3 is 17.8 Å². The summed E-state index contributed by atoms with van der Waals surface area (Å²) < 4.78 is 48.0. The van der Waals surface area contributed by atoms with Gasteiger partial charge < -0.3 is 15.4 Å². The lowest BCUT2D eigenvalue weighted by Crippen LogP contribution is -2.69. The predicted octanol–water partition coefficient (Wildman–Crippen LogP) is 5.70. The number of rotatable bonds is 5. The van der Waals surface area contributed by atoms with Crippen molar-refractivity contribution in [1.82, 2.24) is 5.32 Å². The fraction of sp³-hybridized carbons (Fsp3) is 0.458. The van der Waals surface area contributed by atoms with Gasteiger partial charge in [0.25, 0.3) is 5.91 Å². The number of benzene rings is 1. The lowest BCUT2D eigenvalue weighted by Gasteiger charge is -2.34. The molecule has 1 aromatic heterocycles. The van der Waals surface area contributed by atoms with Crippen LogP contribution in [0, 0.1) is 22.7 Å². The van der Waals surface area contributed by atoms with Crippen LogP contribution in [0.1, 0.15) is 53.6 Å². The van der Waals surface area contributed by atoms with Crippen LogP contribution >= 0.6 is 22.9 Å². The normalized spacial score (nSPS) is 17.5. The van der Waals surface area contributed by atoms with E-state index in [-0.39, 0.29) is 32.5 Å². The molecule has 35 heavy (non-hydrogen) atoms. The van der Waals surface area contributed by atoms with Gasteiger partial charge in [-0.05, 0) is 60.4 Å². The molecule has 1 aliphatic carbocycles. The van der Waals surface area contributed by atoms with Crippen LogP contribution in [0.4, 0.5) is 18.2 Å². The summed E-state index contributed by atoms with van der Waals surface area (Å²) in [6, 6.07) is 7.11. The van der Waals surface area contributed by atoms with E-state index in [9.17, 15) is 28.0 Å². The minimum atomic E-state index is -5.31. The molecule has 1 aromatic carbocycles. The van der Waals surface area contributed by atoms with Gasteiger partial charge in [0.15, 0.2) is 0 Å². The highest BCUT2D eigenvalue weighted by atomic mass is 35.5. The first-order valence-electron chi connectivity index (χ1n) is 10.8. The molecule has 1 amide bonds. The number of fused-ring (bicyclic) bond motifs is 1. The highest BCUT2D eigenvalue weighted by molar-refractivity contribution is 7.16. The Hall–Kier alpha value is -2.77. The smallest absolute Gasteiger partial charge is 0.441 e. The minimum absolute atomic E-state index is 0.0175. The van der Waals surface area contributed by atoms with Crippen molar-refractivity contribution in [2.75, 3.05) is 12.4 Å². The number of esters is 1. The first kappa shape index (κ1) is 26.8. The summed E-state index contributed by atoms with van der Waals surface area (Å²) in [5.74, 6) is -2.66. The molecule has 0 fully saturated rings. The van der Waals surface area contributed by atoms with Crippen molar-refractivity contribution in [3.05, 3.63) is 50.9 Å². The summed E-state index contributed by atoms with van der Waals surface area (Å²) in [5.41, 5.74) is -3.08. The number of nitriles is 1. The lowest BCUT2D eigenvalue weighted by atomic mass is 9.72. The number of ether oxygens (including phenoxy) is 1. The molecule has 1 heterocycles. The second-order valence-electron chi connectivity index (χ2n) is 9.45. The van der Waals surface area contributed by atoms with Gasteiger partial charge in [-0.15, -0.1) is 11.3 Å². The summed E-state index contributed by atoms with van der Waals surface area (Å²) in [6.45, 7) is 6.29. The molecule has 2 aromatic rings. The summed E-state index contributed by atoms with van der Waals surface area (Å²) in [4.78, 5) is 26.2. The maximum Gasteiger partial charge on any atom is 0.441 e. The molecular weight excluding hydrogens is 503 g/mol. The third-order valence-electron chi connectivity index (χ3n) is 6.23. The molecule has 6 nitrogen and oxygen atoms in total. The molecule has 1 aliphatic rings. The molecular formula is C24H25ClF3N3O3S. The van der Waals surface area contributed by atoms with Crippen molar-refractivity contribution in [2.24, 2.45) is 11.3 Å². The Morgan fingerprint density at radius 1 is 1.20 bits per heavy atom. The zero-order chi connectivity index (χ0) is 26.2. The molecule has 2 N–H and O–H groups in total. The van der Waals surface area contributed by atoms with E-state index in [4.69, 9.17) is 11.6 Å². The minimum Gasteiger partial charge on any atom is -0.466 e. The summed E-state index contributed by atoms with van der Waals surface area (Å²) in [7, 11) is 0.789. The number of amides is 1. The molecule has 0 bridgehead atoms. The maximum absolute atomic E-state index is 14.5. The Morgan fingerprint density at radius 3 is 2.34 bits per heavy atom. The van der Waals surface area contributed by atoms with E-state index in [1.807, 2.05) is 6.07 Å². The average molecular weight is 528 g/mol. The number of thiophene rings is 1. The number of hydrogen-bond donors (Lipinski definition) is 2. The number of nitrogens with zero attached hydrogens (tertiary/aromatic N) is 1. The zero-order valence-corrected chi connectivity index (χ0v) is 21.2. The summed E-state index contributed by atoms with van der Waals surface area (Å²) in [6.07, 6.45) is -3.38. The SMILES string of the molecule is COC(=O)[C@](NC(=O)c1ccc(Cl)cc1)(Nc1sc2c(c1C#N)CC[C@@H](C(C)(C)C)C2)C(F)(F)F. The second kappa shape index (κ2) is 9.70. The highest BCUT2D eigenvalue weighted by Gasteiger charge is 2.64. The first-order valence-corrected chi connectivity index (χ1v) is 12.0. The van der Waals surface area contributed by atoms with Gasteiger partial charge in [-0.2, -0.15) is 18.4 Å². The topological polar surface area (TPSA) is 91.2 Å². The van der Waals surface area contributed by atoms with Crippen LogP contribution < -0.4 is 10.6 Å². The zero-order valence-electron chi connectivity index (χ0n) is 19.6. The van der Waals surface area contributed by atoms with Gasteiger partial charge in [-0.25, -0.2) is 4.79 Å². The molecule has 0 aliphatic heterocycles. The Balaban J connectivity index is 2.07. The van der Waals surface area contributed by atoms with E-state index >= 15 is 0 Å². The molecule has 0 saturated carbocycles. The van der Waals surface area contributed by atoms with Crippen molar-refractivity contribution >= 4 is 39.8 Å². The number of hydrogen-bond acceptors (Lipinski definition) is 6. The van der Waals surface area contributed by atoms with Gasteiger partial charge in [-0.1, -0.05) is 32.4 Å². The van der Waals surface area contributed by atoms with Gasteiger partial charge in [0.05, 0.1) is 12.7 Å².